The van der Waals surface area contributed by atoms with Gasteiger partial charge in [-0.3, -0.25) is 0 Å². The number of anilines is 1. The fourth-order valence-electron chi connectivity index (χ4n) is 3.22. The normalized spacial score (nSPS) is 14.2. The van der Waals surface area contributed by atoms with Crippen molar-refractivity contribution in [1.29, 1.82) is 0 Å². The molecule has 0 radical (unpaired) electrons. The summed E-state index contributed by atoms with van der Waals surface area (Å²) in [6, 6.07) is 11.8. The maximum atomic E-state index is 12.5. The van der Waals surface area contributed by atoms with Gasteiger partial charge in [-0.25, -0.2) is 9.78 Å². The molecule has 28 heavy (non-hydrogen) atoms. The van der Waals surface area contributed by atoms with Crippen LogP contribution in [0.3, 0.4) is 0 Å². The van der Waals surface area contributed by atoms with Crippen LogP contribution in [0, 0.1) is 0 Å². The van der Waals surface area contributed by atoms with Crippen molar-refractivity contribution in [3.05, 3.63) is 53.7 Å². The first kappa shape index (κ1) is 18.4. The topological polar surface area (TPSA) is 70.8 Å². The number of amides is 2. The number of piperazine rings is 1. The monoisotopic (exact) mass is 398 g/mol. The van der Waals surface area contributed by atoms with E-state index in [1.807, 2.05) is 46.7 Å². The van der Waals surface area contributed by atoms with E-state index in [9.17, 15) is 4.79 Å². The quantitative estimate of drug-likeness (QED) is 0.713. The van der Waals surface area contributed by atoms with Gasteiger partial charge < -0.3 is 24.3 Å². The van der Waals surface area contributed by atoms with Crippen molar-refractivity contribution in [1.82, 2.24) is 15.2 Å². The van der Waals surface area contributed by atoms with Gasteiger partial charge in [-0.2, -0.15) is 0 Å². The number of hydrogen-bond acceptors (Lipinski definition) is 6. The second-order valence-electron chi connectivity index (χ2n) is 6.43. The molecule has 4 rings (SSSR count). The van der Waals surface area contributed by atoms with Gasteiger partial charge in [0.2, 0.25) is 5.89 Å². The Morgan fingerprint density at radius 1 is 1.21 bits per heavy atom. The third-order valence-corrected chi connectivity index (χ3v) is 5.56. The number of ether oxygens (including phenoxy) is 1. The number of hydrogen-bond donors (Lipinski definition) is 1. The zero-order valence-electron chi connectivity index (χ0n) is 15.6. The van der Waals surface area contributed by atoms with Crippen LogP contribution < -0.4 is 15.0 Å². The Balaban J connectivity index is 1.29. The second kappa shape index (κ2) is 8.35. The smallest absolute Gasteiger partial charge is 0.317 e. The van der Waals surface area contributed by atoms with Gasteiger partial charge >= 0.3 is 6.03 Å². The summed E-state index contributed by atoms with van der Waals surface area (Å²) in [4.78, 5) is 22.0. The van der Waals surface area contributed by atoms with Gasteiger partial charge in [0.05, 0.1) is 29.9 Å². The highest BCUT2D eigenvalue weighted by Gasteiger charge is 2.23. The lowest BCUT2D eigenvalue weighted by molar-refractivity contribution is 0.193. The number of thiophene rings is 1. The Morgan fingerprint density at radius 2 is 2.04 bits per heavy atom. The molecule has 1 aromatic carbocycles. The molecule has 1 N–H and O–H groups in total. The number of rotatable bonds is 5. The SMILES string of the molecule is COc1ccccc1N1CCN(C(=O)NCc2coc(-c3cccs3)n2)CC1. The van der Waals surface area contributed by atoms with Gasteiger partial charge in [0.1, 0.15) is 12.0 Å². The van der Waals surface area contributed by atoms with Gasteiger partial charge in [-0.15, -0.1) is 11.3 Å². The van der Waals surface area contributed by atoms with E-state index >= 15 is 0 Å². The molecule has 0 aliphatic carbocycles. The molecule has 1 aliphatic rings. The number of methoxy groups -OCH3 is 1. The van der Waals surface area contributed by atoms with E-state index in [4.69, 9.17) is 9.15 Å². The molecule has 0 bridgehead atoms. The number of nitrogens with zero attached hydrogens (tertiary/aromatic N) is 3. The van der Waals surface area contributed by atoms with Crippen molar-refractivity contribution in [3.8, 4) is 16.5 Å². The van der Waals surface area contributed by atoms with E-state index in [2.05, 4.69) is 15.2 Å². The Morgan fingerprint density at radius 3 is 2.79 bits per heavy atom. The maximum Gasteiger partial charge on any atom is 0.317 e. The summed E-state index contributed by atoms with van der Waals surface area (Å²) in [5, 5.41) is 4.91. The highest BCUT2D eigenvalue weighted by molar-refractivity contribution is 7.13. The number of para-hydroxylation sites is 2. The highest BCUT2D eigenvalue weighted by Crippen LogP contribution is 2.28. The van der Waals surface area contributed by atoms with Crippen LogP contribution in [-0.2, 0) is 6.54 Å². The van der Waals surface area contributed by atoms with Crippen LogP contribution in [0.15, 0.2) is 52.5 Å². The molecule has 1 saturated heterocycles. The summed E-state index contributed by atoms with van der Waals surface area (Å²) < 4.78 is 10.9. The summed E-state index contributed by atoms with van der Waals surface area (Å²) in [6.07, 6.45) is 1.59. The fraction of sp³-hybridized carbons (Fsp3) is 0.300. The first-order chi connectivity index (χ1) is 13.7. The average Bonchev–Trinajstić information content (AvgIpc) is 3.44. The first-order valence-electron chi connectivity index (χ1n) is 9.13. The van der Waals surface area contributed by atoms with Crippen molar-refractivity contribution in [3.63, 3.8) is 0 Å². The van der Waals surface area contributed by atoms with Crippen LogP contribution in [-0.4, -0.2) is 49.2 Å². The minimum atomic E-state index is -0.0830. The van der Waals surface area contributed by atoms with Gasteiger partial charge in [0, 0.05) is 26.2 Å². The van der Waals surface area contributed by atoms with Crippen molar-refractivity contribution in [2.75, 3.05) is 38.2 Å². The summed E-state index contributed by atoms with van der Waals surface area (Å²) >= 11 is 1.57. The molecule has 7 nitrogen and oxygen atoms in total. The van der Waals surface area contributed by atoms with Gasteiger partial charge in [0.25, 0.3) is 0 Å². The van der Waals surface area contributed by atoms with Crippen LogP contribution in [0.1, 0.15) is 5.69 Å². The standard InChI is InChI=1S/C20H22N4O3S/c1-26-17-6-3-2-5-16(17)23-8-10-24(11-9-23)20(25)21-13-15-14-27-19(22-15)18-7-4-12-28-18/h2-7,12,14H,8-11,13H2,1H3,(H,21,25). The largest absolute Gasteiger partial charge is 0.495 e. The lowest BCUT2D eigenvalue weighted by atomic mass is 10.2. The van der Waals surface area contributed by atoms with Crippen LogP contribution in [0.25, 0.3) is 10.8 Å². The molecule has 3 aromatic rings. The van der Waals surface area contributed by atoms with Gasteiger partial charge in [0.15, 0.2) is 0 Å². The molecule has 2 amide bonds. The molecular weight excluding hydrogens is 376 g/mol. The summed E-state index contributed by atoms with van der Waals surface area (Å²) in [6.45, 7) is 3.19. The molecule has 0 spiro atoms. The summed E-state index contributed by atoms with van der Waals surface area (Å²) in [7, 11) is 1.68. The van der Waals surface area contributed by atoms with Gasteiger partial charge in [-0.1, -0.05) is 18.2 Å². The Labute approximate surface area is 167 Å². The third kappa shape index (κ3) is 3.96. The van der Waals surface area contributed by atoms with Crippen LogP contribution >= 0.6 is 11.3 Å². The highest BCUT2D eigenvalue weighted by atomic mass is 32.1. The maximum absolute atomic E-state index is 12.5. The molecule has 0 saturated carbocycles. The van der Waals surface area contributed by atoms with Crippen molar-refractivity contribution in [2.45, 2.75) is 6.54 Å². The first-order valence-corrected chi connectivity index (χ1v) is 10.0. The number of benzene rings is 1. The van der Waals surface area contributed by atoms with E-state index in [1.165, 1.54) is 0 Å². The predicted octanol–water partition coefficient (Wildman–Crippen LogP) is 3.44. The van der Waals surface area contributed by atoms with Crippen LogP contribution in [0.4, 0.5) is 10.5 Å². The molecule has 0 atom stereocenters. The lowest BCUT2D eigenvalue weighted by Crippen LogP contribution is -2.51. The van der Waals surface area contributed by atoms with Crippen LogP contribution in [0.2, 0.25) is 0 Å². The fourth-order valence-corrected chi connectivity index (χ4v) is 3.88. The molecular formula is C20H22N4O3S. The predicted molar refractivity (Wildman–Crippen MR) is 109 cm³/mol. The number of oxazole rings is 1. The van der Waals surface area contributed by atoms with E-state index in [0.717, 1.165) is 29.4 Å². The molecule has 2 aromatic heterocycles. The number of aromatic nitrogens is 1. The minimum absolute atomic E-state index is 0.0830. The number of carbonyl (C=O) groups is 1. The Hall–Kier alpha value is -3.00. The lowest BCUT2D eigenvalue weighted by Gasteiger charge is -2.36. The zero-order chi connectivity index (χ0) is 19.3. The number of carbonyl (C=O) groups excluding carboxylic acids is 1. The van der Waals surface area contributed by atoms with Crippen molar-refractivity contribution >= 4 is 23.1 Å². The molecule has 146 valence electrons. The Kier molecular flexibility index (Phi) is 5.48. The van der Waals surface area contributed by atoms with Crippen molar-refractivity contribution in [2.24, 2.45) is 0 Å². The second-order valence-corrected chi connectivity index (χ2v) is 7.37. The zero-order valence-corrected chi connectivity index (χ0v) is 16.4. The molecule has 0 unspecified atom stereocenters. The van der Waals surface area contributed by atoms with Gasteiger partial charge in [-0.05, 0) is 23.6 Å². The molecule has 3 heterocycles. The van der Waals surface area contributed by atoms with E-state index in [1.54, 1.807) is 24.7 Å². The van der Waals surface area contributed by atoms with E-state index < -0.39 is 0 Å². The van der Waals surface area contributed by atoms with E-state index in [-0.39, 0.29) is 6.03 Å². The van der Waals surface area contributed by atoms with Crippen LogP contribution in [0.5, 0.6) is 5.75 Å². The minimum Gasteiger partial charge on any atom is -0.495 e. The average molecular weight is 398 g/mol. The number of nitrogens with one attached hydrogen (secondary N) is 1. The number of urea groups is 1. The van der Waals surface area contributed by atoms with E-state index in [0.29, 0.717) is 31.2 Å². The molecule has 1 aliphatic heterocycles. The third-order valence-electron chi connectivity index (χ3n) is 4.70. The summed E-state index contributed by atoms with van der Waals surface area (Å²) in [5.74, 6) is 1.44. The molecule has 8 heteroatoms. The molecule has 1 fully saturated rings. The Bertz CT molecular complexity index is 917. The summed E-state index contributed by atoms with van der Waals surface area (Å²) in [5.41, 5.74) is 1.78. The van der Waals surface area contributed by atoms with Crippen molar-refractivity contribution < 1.29 is 13.9 Å².